The number of rotatable bonds is 8. The van der Waals surface area contributed by atoms with E-state index in [1.807, 2.05) is 6.92 Å². The Labute approximate surface area is 116 Å². The van der Waals surface area contributed by atoms with Crippen molar-refractivity contribution in [2.75, 3.05) is 18.9 Å². The van der Waals surface area contributed by atoms with Crippen LogP contribution < -0.4 is 5.73 Å². The number of hydrogen-bond acceptors (Lipinski definition) is 5. The van der Waals surface area contributed by atoms with Crippen molar-refractivity contribution >= 4 is 17.3 Å². The molecule has 0 saturated heterocycles. The zero-order valence-electron chi connectivity index (χ0n) is 11.3. The molecule has 110 valence electrons. The van der Waals surface area contributed by atoms with Crippen molar-refractivity contribution in [1.82, 2.24) is 0 Å². The predicted molar refractivity (Wildman–Crippen MR) is 73.9 cm³/mol. The number of nitrogens with two attached hydrogens (primary N) is 1. The summed E-state index contributed by atoms with van der Waals surface area (Å²) in [6.07, 6.45) is 2.30. The number of ether oxygens (including phenoxy) is 1. The molecular weight excluding hydrogens is 264 g/mol. The molecule has 0 aromatic heterocycles. The first kappa shape index (κ1) is 15.9. The summed E-state index contributed by atoms with van der Waals surface area (Å²) in [4.78, 5) is 21.2. The number of non-ortho nitro benzene ring substituents is 1. The Kier molecular flexibility index (Phi) is 5.92. The van der Waals surface area contributed by atoms with Gasteiger partial charge in [0.2, 0.25) is 0 Å². The second-order valence-electron chi connectivity index (χ2n) is 4.34. The van der Waals surface area contributed by atoms with Crippen molar-refractivity contribution in [3.63, 3.8) is 0 Å². The first-order valence-electron chi connectivity index (χ1n) is 6.35. The highest BCUT2D eigenvalue weighted by molar-refractivity contribution is 5.95. The third-order valence-corrected chi connectivity index (χ3v) is 2.85. The van der Waals surface area contributed by atoms with E-state index < -0.39 is 10.9 Å². The minimum atomic E-state index is -1.28. The van der Waals surface area contributed by atoms with Gasteiger partial charge in [0, 0.05) is 24.4 Å². The van der Waals surface area contributed by atoms with Gasteiger partial charge in [-0.05, 0) is 18.4 Å². The van der Waals surface area contributed by atoms with E-state index in [1.54, 1.807) is 0 Å². The first-order valence-corrected chi connectivity index (χ1v) is 6.35. The number of benzene rings is 1. The summed E-state index contributed by atoms with van der Waals surface area (Å²) in [5.74, 6) is -1.28. The molecule has 1 rings (SSSR count). The van der Waals surface area contributed by atoms with Gasteiger partial charge in [0.25, 0.3) is 5.69 Å². The molecular formula is C13H18N2O5. The summed E-state index contributed by atoms with van der Waals surface area (Å²) in [5.41, 5.74) is 5.69. The van der Waals surface area contributed by atoms with Crippen LogP contribution in [0.3, 0.4) is 0 Å². The summed E-state index contributed by atoms with van der Waals surface area (Å²) >= 11 is 0. The minimum absolute atomic E-state index is 0.0576. The smallest absolute Gasteiger partial charge is 0.338 e. The van der Waals surface area contributed by atoms with Crippen molar-refractivity contribution in [3.05, 3.63) is 33.4 Å². The van der Waals surface area contributed by atoms with Gasteiger partial charge < -0.3 is 15.6 Å². The second kappa shape index (κ2) is 7.44. The SMILES string of the molecule is CCCCOCCc1cc([N+](=O)[O-])cc(C(=O)O)c1N. The van der Waals surface area contributed by atoms with Crippen LogP contribution >= 0.6 is 0 Å². The van der Waals surface area contributed by atoms with E-state index >= 15 is 0 Å². The van der Waals surface area contributed by atoms with E-state index in [9.17, 15) is 14.9 Å². The fourth-order valence-electron chi connectivity index (χ4n) is 1.72. The Bertz CT molecular complexity index is 502. The molecule has 3 N–H and O–H groups in total. The molecule has 0 amide bonds. The van der Waals surface area contributed by atoms with Gasteiger partial charge in [-0.1, -0.05) is 13.3 Å². The molecule has 1 aromatic carbocycles. The Balaban J connectivity index is 2.88. The van der Waals surface area contributed by atoms with E-state index in [2.05, 4.69) is 0 Å². The van der Waals surface area contributed by atoms with Gasteiger partial charge in [-0.25, -0.2) is 4.79 Å². The van der Waals surface area contributed by atoms with Crippen LogP contribution in [0.2, 0.25) is 0 Å². The standard InChI is InChI=1S/C13H18N2O5/c1-2-3-5-20-6-4-9-7-10(15(18)19)8-11(12(9)14)13(16)17/h7-8H,2-6,14H2,1H3,(H,16,17). The zero-order chi connectivity index (χ0) is 15.1. The predicted octanol–water partition coefficient (Wildman–Crippen LogP) is 2.23. The summed E-state index contributed by atoms with van der Waals surface area (Å²) in [7, 11) is 0. The highest BCUT2D eigenvalue weighted by Gasteiger charge is 2.18. The van der Waals surface area contributed by atoms with E-state index in [-0.39, 0.29) is 16.9 Å². The molecule has 0 fully saturated rings. The lowest BCUT2D eigenvalue weighted by Gasteiger charge is -2.09. The molecule has 0 heterocycles. The maximum Gasteiger partial charge on any atom is 0.338 e. The quantitative estimate of drug-likeness (QED) is 0.327. The molecule has 0 spiro atoms. The van der Waals surface area contributed by atoms with Gasteiger partial charge in [-0.15, -0.1) is 0 Å². The van der Waals surface area contributed by atoms with Crippen molar-refractivity contribution < 1.29 is 19.6 Å². The summed E-state index contributed by atoms with van der Waals surface area (Å²) in [6, 6.07) is 2.27. The van der Waals surface area contributed by atoms with Gasteiger partial charge in [0.05, 0.1) is 17.1 Å². The van der Waals surface area contributed by atoms with E-state index in [0.717, 1.165) is 18.9 Å². The highest BCUT2D eigenvalue weighted by atomic mass is 16.6. The van der Waals surface area contributed by atoms with Crippen LogP contribution in [0.1, 0.15) is 35.7 Å². The molecule has 0 saturated carbocycles. The Hall–Kier alpha value is -2.15. The van der Waals surface area contributed by atoms with E-state index in [0.29, 0.717) is 25.2 Å². The number of aromatic carboxylic acids is 1. The minimum Gasteiger partial charge on any atom is -0.478 e. The van der Waals surface area contributed by atoms with E-state index in [1.165, 1.54) is 6.07 Å². The lowest BCUT2D eigenvalue weighted by atomic mass is 10.0. The number of anilines is 1. The summed E-state index contributed by atoms with van der Waals surface area (Å²) in [5, 5.41) is 19.8. The number of nitrogen functional groups attached to an aromatic ring is 1. The zero-order valence-corrected chi connectivity index (χ0v) is 11.3. The van der Waals surface area contributed by atoms with Gasteiger partial charge >= 0.3 is 5.97 Å². The first-order chi connectivity index (χ1) is 9.47. The highest BCUT2D eigenvalue weighted by Crippen LogP contribution is 2.25. The molecule has 0 aliphatic heterocycles. The topological polar surface area (TPSA) is 116 Å². The number of carboxylic acids is 1. The second-order valence-corrected chi connectivity index (χ2v) is 4.34. The number of unbranched alkanes of at least 4 members (excludes halogenated alkanes) is 1. The normalized spacial score (nSPS) is 10.4. The molecule has 0 bridgehead atoms. The number of carbonyl (C=O) groups is 1. The largest absolute Gasteiger partial charge is 0.478 e. The van der Waals surface area contributed by atoms with Crippen LogP contribution in [0.25, 0.3) is 0 Å². The number of nitro groups is 1. The van der Waals surface area contributed by atoms with Gasteiger partial charge in [-0.3, -0.25) is 10.1 Å². The summed E-state index contributed by atoms with van der Waals surface area (Å²) < 4.78 is 5.36. The average Bonchev–Trinajstić information content (AvgIpc) is 2.39. The maximum absolute atomic E-state index is 11.0. The fraction of sp³-hybridized carbons (Fsp3) is 0.462. The van der Waals surface area contributed by atoms with Crippen LogP contribution in [0, 0.1) is 10.1 Å². The number of nitrogens with zero attached hydrogens (tertiary/aromatic N) is 1. The Morgan fingerprint density at radius 1 is 1.45 bits per heavy atom. The molecule has 7 heteroatoms. The van der Waals surface area contributed by atoms with Crippen molar-refractivity contribution in [2.24, 2.45) is 0 Å². The molecule has 20 heavy (non-hydrogen) atoms. The maximum atomic E-state index is 11.0. The van der Waals surface area contributed by atoms with Gasteiger partial charge in [0.1, 0.15) is 0 Å². The lowest BCUT2D eigenvalue weighted by molar-refractivity contribution is -0.384. The van der Waals surface area contributed by atoms with Crippen LogP contribution in [-0.4, -0.2) is 29.2 Å². The number of carboxylic acid groups (broad SMARTS) is 1. The Morgan fingerprint density at radius 2 is 2.15 bits per heavy atom. The molecule has 1 aromatic rings. The van der Waals surface area contributed by atoms with E-state index in [4.69, 9.17) is 15.6 Å². The van der Waals surface area contributed by atoms with Crippen LogP contribution in [0.5, 0.6) is 0 Å². The van der Waals surface area contributed by atoms with Crippen molar-refractivity contribution in [2.45, 2.75) is 26.2 Å². The monoisotopic (exact) mass is 282 g/mol. The van der Waals surface area contributed by atoms with Gasteiger partial charge in [0.15, 0.2) is 0 Å². The van der Waals surface area contributed by atoms with Crippen molar-refractivity contribution in [1.29, 1.82) is 0 Å². The third kappa shape index (κ3) is 4.20. The Morgan fingerprint density at radius 3 is 2.70 bits per heavy atom. The average molecular weight is 282 g/mol. The lowest BCUT2D eigenvalue weighted by Crippen LogP contribution is -2.09. The van der Waals surface area contributed by atoms with Crippen LogP contribution in [0.4, 0.5) is 11.4 Å². The summed E-state index contributed by atoms with van der Waals surface area (Å²) in [6.45, 7) is 3.00. The van der Waals surface area contributed by atoms with Crippen LogP contribution in [0.15, 0.2) is 12.1 Å². The molecule has 0 aliphatic carbocycles. The van der Waals surface area contributed by atoms with Crippen LogP contribution in [-0.2, 0) is 11.2 Å². The fourth-order valence-corrected chi connectivity index (χ4v) is 1.72. The molecule has 7 nitrogen and oxygen atoms in total. The molecule has 0 aliphatic rings. The van der Waals surface area contributed by atoms with Crippen molar-refractivity contribution in [3.8, 4) is 0 Å². The molecule has 0 atom stereocenters. The molecule has 0 unspecified atom stereocenters. The third-order valence-electron chi connectivity index (χ3n) is 2.85. The molecule has 0 radical (unpaired) electrons. The van der Waals surface area contributed by atoms with Gasteiger partial charge in [-0.2, -0.15) is 0 Å². The number of nitro benzene ring substituents is 1. The number of hydrogen-bond donors (Lipinski definition) is 2.